The molecule has 3 rings (SSSR count). The van der Waals surface area contributed by atoms with Crippen molar-refractivity contribution in [1.82, 2.24) is 18.8 Å². The summed E-state index contributed by atoms with van der Waals surface area (Å²) in [6, 6.07) is 7.37. The van der Waals surface area contributed by atoms with Crippen LogP contribution in [0.15, 0.2) is 41.6 Å². The average molecular weight is 405 g/mol. The summed E-state index contributed by atoms with van der Waals surface area (Å²) in [4.78, 5) is 7.17. The zero-order chi connectivity index (χ0) is 20.1. The van der Waals surface area contributed by atoms with Crippen LogP contribution in [0.1, 0.15) is 44.5 Å². The first-order valence-corrected chi connectivity index (χ1v) is 11.7. The Labute approximate surface area is 169 Å². The van der Waals surface area contributed by atoms with E-state index in [4.69, 9.17) is 0 Å². The Kier molecular flexibility index (Phi) is 6.91. The van der Waals surface area contributed by atoms with E-state index in [0.29, 0.717) is 23.9 Å². The van der Waals surface area contributed by atoms with E-state index < -0.39 is 10.0 Å². The molecule has 0 unspecified atom stereocenters. The highest BCUT2D eigenvalue weighted by atomic mass is 32.2. The van der Waals surface area contributed by atoms with E-state index in [-0.39, 0.29) is 0 Å². The average Bonchev–Trinajstić information content (AvgIpc) is 3.16. The molecule has 1 aliphatic rings. The quantitative estimate of drug-likeness (QED) is 0.679. The van der Waals surface area contributed by atoms with Crippen LogP contribution in [0, 0.1) is 0 Å². The predicted octanol–water partition coefficient (Wildman–Crippen LogP) is 2.97. The third-order valence-corrected chi connectivity index (χ3v) is 7.27. The molecule has 2 heterocycles. The van der Waals surface area contributed by atoms with Crippen LogP contribution in [0.25, 0.3) is 0 Å². The van der Waals surface area contributed by atoms with Gasteiger partial charge in [-0.3, -0.25) is 4.90 Å². The van der Waals surface area contributed by atoms with Gasteiger partial charge in [0.2, 0.25) is 10.0 Å². The lowest BCUT2D eigenvalue weighted by Gasteiger charge is -2.34. The van der Waals surface area contributed by atoms with Gasteiger partial charge in [-0.05, 0) is 24.1 Å². The van der Waals surface area contributed by atoms with Crippen LogP contribution in [0.4, 0.5) is 0 Å². The van der Waals surface area contributed by atoms with Gasteiger partial charge in [-0.1, -0.05) is 39.3 Å². The highest BCUT2D eigenvalue weighted by Crippen LogP contribution is 2.19. The van der Waals surface area contributed by atoms with E-state index in [9.17, 15) is 8.42 Å². The molecule has 7 heteroatoms. The summed E-state index contributed by atoms with van der Waals surface area (Å²) in [6.07, 6.45) is 5.92. The van der Waals surface area contributed by atoms with E-state index in [1.807, 2.05) is 24.5 Å². The van der Waals surface area contributed by atoms with Gasteiger partial charge in [0.25, 0.3) is 0 Å². The fourth-order valence-corrected chi connectivity index (χ4v) is 5.14. The van der Waals surface area contributed by atoms with Gasteiger partial charge < -0.3 is 4.57 Å². The van der Waals surface area contributed by atoms with Gasteiger partial charge in [0.15, 0.2) is 0 Å². The molecule has 1 aliphatic heterocycles. The summed E-state index contributed by atoms with van der Waals surface area (Å²) in [5, 5.41) is 0. The smallest absolute Gasteiger partial charge is 0.243 e. The number of piperazine rings is 1. The molecule has 6 nitrogen and oxygen atoms in total. The Morgan fingerprint density at radius 3 is 2.32 bits per heavy atom. The second-order valence-electron chi connectivity index (χ2n) is 7.77. The summed E-state index contributed by atoms with van der Waals surface area (Å²) < 4.78 is 29.7. The van der Waals surface area contributed by atoms with Crippen LogP contribution >= 0.6 is 0 Å². The topological polar surface area (TPSA) is 58.4 Å². The minimum absolute atomic E-state index is 0.403. The number of benzene rings is 1. The Hall–Kier alpha value is -1.70. The molecular weight excluding hydrogens is 372 g/mol. The van der Waals surface area contributed by atoms with Crippen molar-refractivity contribution in [2.24, 2.45) is 0 Å². The van der Waals surface area contributed by atoms with Gasteiger partial charge >= 0.3 is 0 Å². The molecule has 154 valence electrons. The Balaban J connectivity index is 1.54. The number of imidazole rings is 1. The zero-order valence-electron chi connectivity index (χ0n) is 17.2. The van der Waals surface area contributed by atoms with Crippen LogP contribution in [-0.2, 0) is 23.0 Å². The lowest BCUT2D eigenvalue weighted by molar-refractivity contribution is 0.182. The molecule has 0 amide bonds. The van der Waals surface area contributed by atoms with Crippen molar-refractivity contribution in [1.29, 1.82) is 0 Å². The fourth-order valence-electron chi connectivity index (χ4n) is 3.72. The van der Waals surface area contributed by atoms with E-state index >= 15 is 0 Å². The van der Waals surface area contributed by atoms with Gasteiger partial charge in [-0.25, -0.2) is 13.4 Å². The largest absolute Gasteiger partial charge is 0.333 e. The maximum Gasteiger partial charge on any atom is 0.243 e. The third-order valence-electron chi connectivity index (χ3n) is 5.35. The summed E-state index contributed by atoms with van der Waals surface area (Å²) >= 11 is 0. The SMILES string of the molecule is CCCc1ccc(S(=O)(=O)N2CCN(CCn3ccnc3C(C)C)CC2)cc1. The van der Waals surface area contributed by atoms with Crippen molar-refractivity contribution in [2.75, 3.05) is 32.7 Å². The Morgan fingerprint density at radius 2 is 1.71 bits per heavy atom. The molecule has 1 fully saturated rings. The number of nitrogens with zero attached hydrogens (tertiary/aromatic N) is 4. The molecule has 0 aliphatic carbocycles. The molecular formula is C21H32N4O2S. The lowest BCUT2D eigenvalue weighted by atomic mass is 10.1. The van der Waals surface area contributed by atoms with Crippen molar-refractivity contribution in [2.45, 2.75) is 51.0 Å². The van der Waals surface area contributed by atoms with Crippen molar-refractivity contribution in [3.63, 3.8) is 0 Å². The first-order chi connectivity index (χ1) is 13.4. The van der Waals surface area contributed by atoms with Crippen LogP contribution in [0.2, 0.25) is 0 Å². The van der Waals surface area contributed by atoms with Crippen molar-refractivity contribution in [3.05, 3.63) is 48.0 Å². The van der Waals surface area contributed by atoms with Gasteiger partial charge in [0, 0.05) is 57.6 Å². The van der Waals surface area contributed by atoms with Crippen molar-refractivity contribution < 1.29 is 8.42 Å². The lowest BCUT2D eigenvalue weighted by Crippen LogP contribution is -2.49. The van der Waals surface area contributed by atoms with E-state index in [1.165, 1.54) is 5.56 Å². The maximum absolute atomic E-state index is 12.9. The van der Waals surface area contributed by atoms with Gasteiger partial charge in [0.1, 0.15) is 5.82 Å². The molecule has 0 saturated carbocycles. The summed E-state index contributed by atoms with van der Waals surface area (Å²) in [5.41, 5.74) is 1.19. The van der Waals surface area contributed by atoms with Crippen LogP contribution in [0.5, 0.6) is 0 Å². The number of aromatic nitrogens is 2. The van der Waals surface area contributed by atoms with Crippen LogP contribution < -0.4 is 0 Å². The number of sulfonamides is 1. The number of rotatable bonds is 8. The van der Waals surface area contributed by atoms with E-state index in [1.54, 1.807) is 16.4 Å². The van der Waals surface area contributed by atoms with Crippen molar-refractivity contribution >= 4 is 10.0 Å². The highest BCUT2D eigenvalue weighted by Gasteiger charge is 2.28. The number of aryl methyl sites for hydroxylation is 1. The van der Waals surface area contributed by atoms with Crippen LogP contribution in [0.3, 0.4) is 0 Å². The highest BCUT2D eigenvalue weighted by molar-refractivity contribution is 7.89. The molecule has 1 saturated heterocycles. The van der Waals surface area contributed by atoms with E-state index in [0.717, 1.165) is 44.8 Å². The molecule has 2 aromatic rings. The molecule has 0 bridgehead atoms. The zero-order valence-corrected chi connectivity index (χ0v) is 18.0. The minimum Gasteiger partial charge on any atom is -0.333 e. The van der Waals surface area contributed by atoms with Gasteiger partial charge in [0.05, 0.1) is 4.90 Å². The molecule has 0 atom stereocenters. The van der Waals surface area contributed by atoms with Crippen molar-refractivity contribution in [3.8, 4) is 0 Å². The summed E-state index contributed by atoms with van der Waals surface area (Å²) in [6.45, 7) is 10.8. The monoisotopic (exact) mass is 404 g/mol. The fraction of sp³-hybridized carbons (Fsp3) is 0.571. The molecule has 1 aromatic carbocycles. The van der Waals surface area contributed by atoms with E-state index in [2.05, 4.69) is 35.2 Å². The second kappa shape index (κ2) is 9.20. The normalized spacial score (nSPS) is 16.7. The second-order valence-corrected chi connectivity index (χ2v) is 9.71. The summed E-state index contributed by atoms with van der Waals surface area (Å²) in [7, 11) is -3.40. The Morgan fingerprint density at radius 1 is 1.04 bits per heavy atom. The first kappa shape index (κ1) is 21.0. The van der Waals surface area contributed by atoms with Crippen LogP contribution in [-0.4, -0.2) is 59.9 Å². The number of hydrogen-bond donors (Lipinski definition) is 0. The molecule has 28 heavy (non-hydrogen) atoms. The standard InChI is InChI=1S/C21H32N4O2S/c1-4-5-19-6-8-20(9-7-19)28(26,27)25-16-13-23(14-17-25)12-15-24-11-10-22-21(24)18(2)3/h6-11,18H,4-5,12-17H2,1-3H3. The minimum atomic E-state index is -3.40. The van der Waals surface area contributed by atoms with Gasteiger partial charge in [-0.2, -0.15) is 4.31 Å². The number of hydrogen-bond acceptors (Lipinski definition) is 4. The van der Waals surface area contributed by atoms with Gasteiger partial charge in [-0.15, -0.1) is 0 Å². The third kappa shape index (κ3) is 4.82. The molecule has 1 aromatic heterocycles. The molecule has 0 spiro atoms. The summed E-state index contributed by atoms with van der Waals surface area (Å²) in [5.74, 6) is 1.51. The molecule has 0 radical (unpaired) electrons. The first-order valence-electron chi connectivity index (χ1n) is 10.2. The Bertz CT molecular complexity index is 851. The predicted molar refractivity (Wildman–Crippen MR) is 112 cm³/mol. The molecule has 0 N–H and O–H groups in total. The maximum atomic E-state index is 12.9.